The summed E-state index contributed by atoms with van der Waals surface area (Å²) in [6.45, 7) is 1.47. The Morgan fingerprint density at radius 3 is 2.25 bits per heavy atom. The van der Waals surface area contributed by atoms with E-state index in [1.165, 1.54) is 31.2 Å². The molecule has 0 saturated heterocycles. The van der Waals surface area contributed by atoms with Crippen LogP contribution < -0.4 is 14.9 Å². The minimum Gasteiger partial charge on any atom is -0.497 e. The van der Waals surface area contributed by atoms with Crippen LogP contribution in [-0.2, 0) is 14.8 Å². The summed E-state index contributed by atoms with van der Waals surface area (Å²) in [7, 11) is 1.03. The van der Waals surface area contributed by atoms with Gasteiger partial charge in [-0.2, -0.15) is 4.72 Å². The number of benzene rings is 1. The van der Waals surface area contributed by atoms with E-state index < -0.39 is 22.0 Å². The Morgan fingerprint density at radius 1 is 1.25 bits per heavy atom. The Balaban J connectivity index is 2.80. The number of methoxy groups -OCH3 is 1. The fourth-order valence-corrected chi connectivity index (χ4v) is 2.63. The molecule has 0 aliphatic heterocycles. The lowest BCUT2D eigenvalue weighted by Gasteiger charge is -2.17. The molecule has 0 spiro atoms. The zero-order valence-electron chi connectivity index (χ0n) is 11.9. The first-order valence-corrected chi connectivity index (χ1v) is 7.39. The van der Waals surface area contributed by atoms with Crippen molar-refractivity contribution in [3.05, 3.63) is 24.3 Å². The second kappa shape index (κ2) is 6.69. The van der Waals surface area contributed by atoms with Crippen molar-refractivity contribution in [3.63, 3.8) is 0 Å². The van der Waals surface area contributed by atoms with Crippen molar-refractivity contribution in [1.82, 2.24) is 15.2 Å². The molecule has 0 aliphatic carbocycles. The summed E-state index contributed by atoms with van der Waals surface area (Å²) >= 11 is 0. The van der Waals surface area contributed by atoms with Gasteiger partial charge in [0.2, 0.25) is 10.0 Å². The van der Waals surface area contributed by atoms with Gasteiger partial charge in [-0.25, -0.2) is 13.4 Å². The van der Waals surface area contributed by atoms with Crippen molar-refractivity contribution >= 4 is 15.9 Å². The van der Waals surface area contributed by atoms with Crippen LogP contribution >= 0.6 is 0 Å². The molecular weight excluding hydrogens is 282 g/mol. The Bertz CT molecular complexity index is 555. The number of nitrogens with one attached hydrogen (secondary N) is 2. The monoisotopic (exact) mass is 301 g/mol. The number of hydrogen-bond donors (Lipinski definition) is 2. The van der Waals surface area contributed by atoms with Crippen LogP contribution in [0.1, 0.15) is 6.92 Å². The summed E-state index contributed by atoms with van der Waals surface area (Å²) in [5, 5.41) is 1.44. The Kier molecular flexibility index (Phi) is 5.49. The molecule has 1 aromatic carbocycles. The SMILES string of the molecule is COc1ccc(S(=O)(=O)N[C@@H](C)C(=O)NN(C)C)cc1. The summed E-state index contributed by atoms with van der Waals surface area (Å²) in [6.07, 6.45) is 0. The Labute approximate surface area is 118 Å². The molecule has 1 aromatic rings. The van der Waals surface area contributed by atoms with E-state index in [0.29, 0.717) is 5.75 Å². The van der Waals surface area contributed by atoms with Gasteiger partial charge in [0.1, 0.15) is 5.75 Å². The molecule has 1 rings (SSSR count). The van der Waals surface area contributed by atoms with E-state index in [0.717, 1.165) is 0 Å². The zero-order chi connectivity index (χ0) is 15.3. The molecule has 1 atom stereocenters. The standard InChI is InChI=1S/C12H19N3O4S/c1-9(12(16)13-15(2)3)14-20(17,18)11-7-5-10(19-4)6-8-11/h5-9,14H,1-4H3,(H,13,16)/t9-/m0/s1. The molecule has 0 heterocycles. The topological polar surface area (TPSA) is 87.7 Å². The van der Waals surface area contributed by atoms with Crippen LogP contribution in [0, 0.1) is 0 Å². The molecule has 0 unspecified atom stereocenters. The van der Waals surface area contributed by atoms with Crippen LogP contribution in [0.25, 0.3) is 0 Å². The van der Waals surface area contributed by atoms with Gasteiger partial charge in [0.25, 0.3) is 5.91 Å². The lowest BCUT2D eigenvalue weighted by Crippen LogP contribution is -2.48. The molecule has 0 aromatic heterocycles. The van der Waals surface area contributed by atoms with Crippen molar-refractivity contribution in [3.8, 4) is 5.75 Å². The molecule has 0 aliphatic rings. The Hall–Kier alpha value is -1.64. The molecular formula is C12H19N3O4S. The van der Waals surface area contributed by atoms with Crippen molar-refractivity contribution in [2.75, 3.05) is 21.2 Å². The number of sulfonamides is 1. The number of rotatable bonds is 6. The lowest BCUT2D eigenvalue weighted by molar-refractivity contribution is -0.126. The van der Waals surface area contributed by atoms with Crippen LogP contribution in [0.15, 0.2) is 29.2 Å². The van der Waals surface area contributed by atoms with E-state index in [-0.39, 0.29) is 4.90 Å². The molecule has 7 nitrogen and oxygen atoms in total. The highest BCUT2D eigenvalue weighted by molar-refractivity contribution is 7.89. The predicted molar refractivity (Wildman–Crippen MR) is 74.6 cm³/mol. The fourth-order valence-electron chi connectivity index (χ4n) is 1.43. The van der Waals surface area contributed by atoms with E-state index >= 15 is 0 Å². The first-order valence-electron chi connectivity index (χ1n) is 5.90. The lowest BCUT2D eigenvalue weighted by atomic mass is 10.3. The summed E-state index contributed by atoms with van der Waals surface area (Å²) in [4.78, 5) is 11.7. The minimum absolute atomic E-state index is 0.0720. The van der Waals surface area contributed by atoms with Crippen LogP contribution in [0.5, 0.6) is 5.75 Å². The molecule has 8 heteroatoms. The normalized spacial score (nSPS) is 13.1. The second-order valence-corrected chi connectivity index (χ2v) is 6.10. The number of amides is 1. The first-order chi connectivity index (χ1) is 9.26. The highest BCUT2D eigenvalue weighted by atomic mass is 32.2. The number of ether oxygens (including phenoxy) is 1. The van der Waals surface area contributed by atoms with E-state index in [9.17, 15) is 13.2 Å². The van der Waals surface area contributed by atoms with E-state index in [1.807, 2.05) is 0 Å². The predicted octanol–water partition coefficient (Wildman–Crippen LogP) is -0.0452. The highest BCUT2D eigenvalue weighted by Crippen LogP contribution is 2.15. The third kappa shape index (κ3) is 4.48. The molecule has 112 valence electrons. The van der Waals surface area contributed by atoms with Gasteiger partial charge in [-0.05, 0) is 31.2 Å². The first kappa shape index (κ1) is 16.4. The van der Waals surface area contributed by atoms with Gasteiger partial charge >= 0.3 is 0 Å². The molecule has 0 radical (unpaired) electrons. The van der Waals surface area contributed by atoms with E-state index in [2.05, 4.69) is 10.1 Å². The van der Waals surface area contributed by atoms with Gasteiger partial charge in [-0.15, -0.1) is 0 Å². The van der Waals surface area contributed by atoms with Crippen molar-refractivity contribution in [2.45, 2.75) is 17.9 Å². The fraction of sp³-hybridized carbons (Fsp3) is 0.417. The summed E-state index contributed by atoms with van der Waals surface area (Å²) < 4.78 is 31.4. The van der Waals surface area contributed by atoms with Crippen molar-refractivity contribution in [1.29, 1.82) is 0 Å². The quantitative estimate of drug-likeness (QED) is 0.720. The van der Waals surface area contributed by atoms with E-state index in [1.54, 1.807) is 26.2 Å². The smallest absolute Gasteiger partial charge is 0.252 e. The van der Waals surface area contributed by atoms with Crippen molar-refractivity contribution in [2.24, 2.45) is 0 Å². The van der Waals surface area contributed by atoms with Crippen LogP contribution in [-0.4, -0.2) is 46.6 Å². The highest BCUT2D eigenvalue weighted by Gasteiger charge is 2.22. The average Bonchev–Trinajstić information content (AvgIpc) is 2.37. The minimum atomic E-state index is -3.75. The molecule has 0 bridgehead atoms. The van der Waals surface area contributed by atoms with Crippen molar-refractivity contribution < 1.29 is 17.9 Å². The number of hydrazine groups is 1. The zero-order valence-corrected chi connectivity index (χ0v) is 12.7. The van der Waals surface area contributed by atoms with Gasteiger partial charge in [0.05, 0.1) is 18.0 Å². The van der Waals surface area contributed by atoms with Gasteiger partial charge in [0, 0.05) is 14.1 Å². The van der Waals surface area contributed by atoms with Gasteiger partial charge in [-0.3, -0.25) is 10.2 Å². The second-order valence-electron chi connectivity index (χ2n) is 4.39. The van der Waals surface area contributed by atoms with Gasteiger partial charge < -0.3 is 4.74 Å². The van der Waals surface area contributed by atoms with Gasteiger partial charge in [0.15, 0.2) is 0 Å². The number of hydrogen-bond acceptors (Lipinski definition) is 5. The maximum Gasteiger partial charge on any atom is 0.252 e. The maximum absolute atomic E-state index is 12.1. The van der Waals surface area contributed by atoms with Crippen LogP contribution in [0.2, 0.25) is 0 Å². The molecule has 1 amide bonds. The van der Waals surface area contributed by atoms with Gasteiger partial charge in [-0.1, -0.05) is 0 Å². The van der Waals surface area contributed by atoms with Crippen LogP contribution in [0.3, 0.4) is 0 Å². The Morgan fingerprint density at radius 2 is 1.80 bits per heavy atom. The third-order valence-electron chi connectivity index (χ3n) is 2.43. The molecule has 0 saturated carbocycles. The van der Waals surface area contributed by atoms with E-state index in [4.69, 9.17) is 4.74 Å². The summed E-state index contributed by atoms with van der Waals surface area (Å²) in [5.74, 6) is 0.120. The maximum atomic E-state index is 12.1. The summed E-state index contributed by atoms with van der Waals surface area (Å²) in [5.41, 5.74) is 2.48. The average molecular weight is 301 g/mol. The number of carbonyl (C=O) groups is 1. The number of carbonyl (C=O) groups excluding carboxylic acids is 1. The number of nitrogens with zero attached hydrogens (tertiary/aromatic N) is 1. The molecule has 0 fully saturated rings. The molecule has 2 N–H and O–H groups in total. The van der Waals surface area contributed by atoms with Crippen LogP contribution in [0.4, 0.5) is 0 Å². The largest absolute Gasteiger partial charge is 0.497 e. The summed E-state index contributed by atoms with van der Waals surface area (Å²) in [6, 6.07) is 5.03. The molecule has 20 heavy (non-hydrogen) atoms. The third-order valence-corrected chi connectivity index (χ3v) is 3.99.